The van der Waals surface area contributed by atoms with Gasteiger partial charge in [0.15, 0.2) is 0 Å². The Morgan fingerprint density at radius 2 is 2.17 bits per heavy atom. The molecule has 1 rings (SSSR count). The minimum absolute atomic E-state index is 0.0312. The minimum atomic E-state index is 0.0312. The zero-order valence-electron chi connectivity index (χ0n) is 7.70. The van der Waals surface area contributed by atoms with Gasteiger partial charge in [-0.1, -0.05) is 13.8 Å². The Hall–Kier alpha value is -0.830. The molecule has 1 aromatic heterocycles. The van der Waals surface area contributed by atoms with Crippen molar-refractivity contribution in [3.63, 3.8) is 0 Å². The second-order valence-electron chi connectivity index (χ2n) is 2.88. The fourth-order valence-corrected chi connectivity index (χ4v) is 1.48. The summed E-state index contributed by atoms with van der Waals surface area (Å²) in [5.41, 5.74) is 0. The molecule has 0 saturated heterocycles. The highest BCUT2D eigenvalue weighted by Crippen LogP contribution is 2.16. The molecule has 0 aliphatic heterocycles. The van der Waals surface area contributed by atoms with Crippen molar-refractivity contribution in [3.05, 3.63) is 18.2 Å². The van der Waals surface area contributed by atoms with Gasteiger partial charge >= 0.3 is 0 Å². The highest BCUT2D eigenvalue weighted by Gasteiger charge is 2.09. The minimum Gasteiger partial charge on any atom is -0.388 e. The summed E-state index contributed by atoms with van der Waals surface area (Å²) in [5.74, 6) is 0.767. The van der Waals surface area contributed by atoms with Gasteiger partial charge in [-0.25, -0.2) is 4.98 Å². The number of rotatable bonds is 4. The third-order valence-corrected chi connectivity index (χ3v) is 2.23. The van der Waals surface area contributed by atoms with Crippen molar-refractivity contribution >= 4 is 0 Å². The summed E-state index contributed by atoms with van der Waals surface area (Å²) in [4.78, 5) is 4.06. The Balaban J connectivity index is 2.83. The van der Waals surface area contributed by atoms with E-state index in [0.29, 0.717) is 6.04 Å². The fourth-order valence-electron chi connectivity index (χ4n) is 1.48. The van der Waals surface area contributed by atoms with Crippen LogP contribution < -0.4 is 0 Å². The molecule has 0 aliphatic rings. The van der Waals surface area contributed by atoms with Gasteiger partial charge in [-0.05, 0) is 12.8 Å². The largest absolute Gasteiger partial charge is 0.388 e. The molecular weight excluding hydrogens is 152 g/mol. The fraction of sp³-hybridized carbons (Fsp3) is 0.667. The van der Waals surface area contributed by atoms with Gasteiger partial charge in [0.2, 0.25) is 0 Å². The maximum Gasteiger partial charge on any atom is 0.134 e. The normalized spacial score (nSPS) is 11.0. The SMILES string of the molecule is CCC(CC)n1ccnc1CO. The van der Waals surface area contributed by atoms with Crippen molar-refractivity contribution < 1.29 is 5.11 Å². The standard InChI is InChI=1S/C9H16N2O/c1-3-8(4-2)11-6-5-10-9(11)7-12/h5-6,8,12H,3-4,7H2,1-2H3. The molecule has 0 aliphatic carbocycles. The molecule has 3 nitrogen and oxygen atoms in total. The smallest absolute Gasteiger partial charge is 0.134 e. The molecule has 1 aromatic rings. The van der Waals surface area contributed by atoms with Crippen LogP contribution >= 0.6 is 0 Å². The van der Waals surface area contributed by atoms with E-state index in [1.807, 2.05) is 6.20 Å². The quantitative estimate of drug-likeness (QED) is 0.743. The van der Waals surface area contributed by atoms with Gasteiger partial charge in [-0.2, -0.15) is 0 Å². The molecule has 12 heavy (non-hydrogen) atoms. The maximum atomic E-state index is 8.96. The van der Waals surface area contributed by atoms with E-state index < -0.39 is 0 Å². The Morgan fingerprint density at radius 1 is 1.50 bits per heavy atom. The molecule has 1 N–H and O–H groups in total. The summed E-state index contributed by atoms with van der Waals surface area (Å²) in [5, 5.41) is 8.96. The molecule has 0 aromatic carbocycles. The van der Waals surface area contributed by atoms with Crippen molar-refractivity contribution in [3.8, 4) is 0 Å². The number of hydrogen-bond acceptors (Lipinski definition) is 2. The summed E-state index contributed by atoms with van der Waals surface area (Å²) < 4.78 is 2.06. The van der Waals surface area contributed by atoms with Crippen LogP contribution in [0.2, 0.25) is 0 Å². The molecule has 0 fully saturated rings. The van der Waals surface area contributed by atoms with E-state index >= 15 is 0 Å². The van der Waals surface area contributed by atoms with Gasteiger partial charge in [0.25, 0.3) is 0 Å². The molecule has 0 bridgehead atoms. The predicted octanol–water partition coefficient (Wildman–Crippen LogP) is 1.74. The van der Waals surface area contributed by atoms with Crippen LogP contribution in [-0.4, -0.2) is 14.7 Å². The zero-order valence-corrected chi connectivity index (χ0v) is 7.70. The van der Waals surface area contributed by atoms with Gasteiger partial charge < -0.3 is 9.67 Å². The van der Waals surface area contributed by atoms with Gasteiger partial charge in [-0.15, -0.1) is 0 Å². The van der Waals surface area contributed by atoms with E-state index in [9.17, 15) is 0 Å². The van der Waals surface area contributed by atoms with E-state index in [1.165, 1.54) is 0 Å². The van der Waals surface area contributed by atoms with Crippen LogP contribution in [0.25, 0.3) is 0 Å². The average Bonchev–Trinajstić information content (AvgIpc) is 2.55. The topological polar surface area (TPSA) is 38.0 Å². The number of hydrogen-bond donors (Lipinski definition) is 1. The number of aliphatic hydroxyl groups is 1. The van der Waals surface area contributed by atoms with E-state index in [-0.39, 0.29) is 6.61 Å². The number of nitrogens with zero attached hydrogens (tertiary/aromatic N) is 2. The Kier molecular flexibility index (Phi) is 3.29. The van der Waals surface area contributed by atoms with Crippen LogP contribution in [0.3, 0.4) is 0 Å². The molecule has 0 amide bonds. The summed E-state index contributed by atoms with van der Waals surface area (Å²) in [7, 11) is 0. The Labute approximate surface area is 73.1 Å². The average molecular weight is 168 g/mol. The third-order valence-electron chi connectivity index (χ3n) is 2.23. The lowest BCUT2D eigenvalue weighted by Crippen LogP contribution is -2.09. The van der Waals surface area contributed by atoms with Gasteiger partial charge in [0, 0.05) is 18.4 Å². The maximum absolute atomic E-state index is 8.96. The van der Waals surface area contributed by atoms with Gasteiger partial charge in [-0.3, -0.25) is 0 Å². The lowest BCUT2D eigenvalue weighted by Gasteiger charge is -2.16. The molecule has 0 atom stereocenters. The van der Waals surface area contributed by atoms with Crippen LogP contribution in [0.4, 0.5) is 0 Å². The Morgan fingerprint density at radius 3 is 2.67 bits per heavy atom. The summed E-state index contributed by atoms with van der Waals surface area (Å²) in [6, 6.07) is 0.481. The lowest BCUT2D eigenvalue weighted by atomic mass is 10.2. The van der Waals surface area contributed by atoms with Crippen molar-refractivity contribution in [1.82, 2.24) is 9.55 Å². The molecule has 0 spiro atoms. The lowest BCUT2D eigenvalue weighted by molar-refractivity contribution is 0.258. The van der Waals surface area contributed by atoms with E-state index in [2.05, 4.69) is 23.4 Å². The van der Waals surface area contributed by atoms with Crippen molar-refractivity contribution in [2.75, 3.05) is 0 Å². The van der Waals surface area contributed by atoms with Crippen LogP contribution in [0.15, 0.2) is 12.4 Å². The first-order valence-electron chi connectivity index (χ1n) is 4.46. The monoisotopic (exact) mass is 168 g/mol. The number of aromatic nitrogens is 2. The molecule has 0 radical (unpaired) electrons. The van der Waals surface area contributed by atoms with E-state index in [4.69, 9.17) is 5.11 Å². The molecule has 1 heterocycles. The highest BCUT2D eigenvalue weighted by molar-refractivity contribution is 4.93. The predicted molar refractivity (Wildman–Crippen MR) is 47.8 cm³/mol. The zero-order chi connectivity index (χ0) is 8.97. The Bertz CT molecular complexity index is 228. The van der Waals surface area contributed by atoms with Crippen molar-refractivity contribution in [1.29, 1.82) is 0 Å². The summed E-state index contributed by atoms with van der Waals surface area (Å²) >= 11 is 0. The first kappa shape index (κ1) is 9.26. The molecule has 0 saturated carbocycles. The van der Waals surface area contributed by atoms with Crippen LogP contribution in [0.5, 0.6) is 0 Å². The van der Waals surface area contributed by atoms with Crippen LogP contribution in [0.1, 0.15) is 38.6 Å². The van der Waals surface area contributed by atoms with Crippen molar-refractivity contribution in [2.24, 2.45) is 0 Å². The summed E-state index contributed by atoms with van der Waals surface area (Å²) in [6.07, 6.45) is 5.84. The first-order chi connectivity index (χ1) is 5.83. The molecule has 0 unspecified atom stereocenters. The van der Waals surface area contributed by atoms with Gasteiger partial charge in [0.05, 0.1) is 0 Å². The van der Waals surface area contributed by atoms with Crippen LogP contribution in [0, 0.1) is 0 Å². The third kappa shape index (κ3) is 1.67. The second kappa shape index (κ2) is 4.26. The summed E-state index contributed by atoms with van der Waals surface area (Å²) in [6.45, 7) is 4.33. The van der Waals surface area contributed by atoms with Crippen molar-refractivity contribution in [2.45, 2.75) is 39.3 Å². The number of aliphatic hydroxyl groups excluding tert-OH is 1. The van der Waals surface area contributed by atoms with E-state index in [1.54, 1.807) is 6.20 Å². The molecule has 3 heteroatoms. The highest BCUT2D eigenvalue weighted by atomic mass is 16.3. The molecule has 68 valence electrons. The molecular formula is C9H16N2O. The van der Waals surface area contributed by atoms with E-state index in [0.717, 1.165) is 18.7 Å². The first-order valence-corrected chi connectivity index (χ1v) is 4.46. The van der Waals surface area contributed by atoms with Gasteiger partial charge in [0.1, 0.15) is 12.4 Å². The second-order valence-corrected chi connectivity index (χ2v) is 2.88. The number of imidazole rings is 1. The van der Waals surface area contributed by atoms with Crippen LogP contribution in [-0.2, 0) is 6.61 Å².